The maximum absolute atomic E-state index is 11.5. The summed E-state index contributed by atoms with van der Waals surface area (Å²) in [6, 6.07) is 0. The molecule has 0 bridgehead atoms. The molecule has 4 heteroatoms. The van der Waals surface area contributed by atoms with Gasteiger partial charge in [0, 0.05) is 5.41 Å². The third-order valence-corrected chi connectivity index (χ3v) is 2.56. The van der Waals surface area contributed by atoms with Crippen molar-refractivity contribution >= 4 is 17.5 Å². The summed E-state index contributed by atoms with van der Waals surface area (Å²) >= 11 is 0. The Labute approximate surface area is 90.0 Å². The summed E-state index contributed by atoms with van der Waals surface area (Å²) in [6.45, 7) is 7.70. The zero-order valence-electron chi connectivity index (χ0n) is 9.92. The van der Waals surface area contributed by atoms with E-state index in [-0.39, 0.29) is 18.2 Å². The number of rotatable bonds is 5. The molecule has 86 valence electrons. The van der Waals surface area contributed by atoms with Crippen LogP contribution in [0.5, 0.6) is 0 Å². The van der Waals surface area contributed by atoms with E-state index in [2.05, 4.69) is 0 Å². The van der Waals surface area contributed by atoms with E-state index in [1.807, 2.05) is 0 Å². The summed E-state index contributed by atoms with van der Waals surface area (Å²) < 4.78 is 4.79. The van der Waals surface area contributed by atoms with E-state index in [4.69, 9.17) is 4.74 Å². The van der Waals surface area contributed by atoms with Gasteiger partial charge in [-0.1, -0.05) is 13.8 Å². The topological polar surface area (TPSA) is 60.4 Å². The highest BCUT2D eigenvalue weighted by Gasteiger charge is 2.43. The fourth-order valence-corrected chi connectivity index (χ4v) is 1.40. The van der Waals surface area contributed by atoms with Crippen molar-refractivity contribution in [3.05, 3.63) is 0 Å². The molecule has 0 aromatic rings. The lowest BCUT2D eigenvalue weighted by molar-refractivity contribution is -0.159. The molecule has 0 amide bonds. The molecule has 0 heterocycles. The highest BCUT2D eigenvalue weighted by Crippen LogP contribution is 2.29. The molecule has 0 rings (SSSR count). The van der Waals surface area contributed by atoms with Gasteiger partial charge in [0.25, 0.3) is 0 Å². The first kappa shape index (κ1) is 13.8. The summed E-state index contributed by atoms with van der Waals surface area (Å²) in [4.78, 5) is 34.3. The Morgan fingerprint density at radius 1 is 1.20 bits per heavy atom. The van der Waals surface area contributed by atoms with Crippen LogP contribution in [0.15, 0.2) is 0 Å². The number of hydrogen-bond donors (Lipinski definition) is 0. The van der Waals surface area contributed by atoms with Gasteiger partial charge in [-0.05, 0) is 20.8 Å². The van der Waals surface area contributed by atoms with Crippen molar-refractivity contribution in [2.24, 2.45) is 11.3 Å². The fourth-order valence-electron chi connectivity index (χ4n) is 1.40. The number of esters is 1. The van der Waals surface area contributed by atoms with E-state index in [1.54, 1.807) is 20.8 Å². The van der Waals surface area contributed by atoms with Crippen molar-refractivity contribution in [2.45, 2.75) is 34.6 Å². The Morgan fingerprint density at radius 2 is 1.67 bits per heavy atom. The predicted molar refractivity (Wildman–Crippen MR) is 55.3 cm³/mol. The minimum Gasteiger partial charge on any atom is -0.465 e. The smallest absolute Gasteiger partial charge is 0.317 e. The Hall–Kier alpha value is -1.19. The molecular formula is C11H18O4. The molecule has 0 saturated heterocycles. The maximum atomic E-state index is 11.5. The molecule has 15 heavy (non-hydrogen) atoms. The van der Waals surface area contributed by atoms with Gasteiger partial charge < -0.3 is 4.74 Å². The molecule has 0 aliphatic carbocycles. The van der Waals surface area contributed by atoms with E-state index in [0.29, 0.717) is 0 Å². The molecule has 0 aromatic heterocycles. The molecule has 0 N–H and O–H groups in total. The predicted octanol–water partition coefficient (Wildman–Crippen LogP) is 1.37. The summed E-state index contributed by atoms with van der Waals surface area (Å²) in [5.74, 6) is -2.16. The number of Topliss-reactive ketones (excluding diaryl/α,β-unsaturated/α-hetero) is 2. The summed E-state index contributed by atoms with van der Waals surface area (Å²) in [5, 5.41) is 0. The van der Waals surface area contributed by atoms with Crippen LogP contribution in [0, 0.1) is 11.3 Å². The molecule has 0 spiro atoms. The van der Waals surface area contributed by atoms with E-state index >= 15 is 0 Å². The quantitative estimate of drug-likeness (QED) is 0.512. The van der Waals surface area contributed by atoms with Crippen molar-refractivity contribution < 1.29 is 19.1 Å². The molecule has 0 aliphatic heterocycles. The highest BCUT2D eigenvalue weighted by atomic mass is 16.5. The van der Waals surface area contributed by atoms with Crippen LogP contribution in [-0.4, -0.2) is 24.1 Å². The number of ether oxygens (including phenoxy) is 1. The maximum Gasteiger partial charge on any atom is 0.317 e. The minimum atomic E-state index is -1.00. The summed E-state index contributed by atoms with van der Waals surface area (Å²) in [5.41, 5.74) is -1.00. The van der Waals surface area contributed by atoms with Crippen LogP contribution in [0.2, 0.25) is 0 Å². The van der Waals surface area contributed by atoms with Crippen LogP contribution < -0.4 is 0 Å². The third kappa shape index (κ3) is 3.15. The van der Waals surface area contributed by atoms with Gasteiger partial charge in [-0.3, -0.25) is 14.4 Å². The zero-order valence-corrected chi connectivity index (χ0v) is 9.92. The number of carbonyl (C=O) groups is 3. The number of ketones is 2. The van der Waals surface area contributed by atoms with Gasteiger partial charge in [-0.25, -0.2) is 0 Å². The van der Waals surface area contributed by atoms with Gasteiger partial charge in [-0.15, -0.1) is 0 Å². The molecule has 1 unspecified atom stereocenters. The van der Waals surface area contributed by atoms with E-state index in [0.717, 1.165) is 0 Å². The molecule has 0 radical (unpaired) electrons. The molecule has 1 atom stereocenters. The summed E-state index contributed by atoms with van der Waals surface area (Å²) in [6.07, 6.45) is 0. The van der Waals surface area contributed by atoms with E-state index in [9.17, 15) is 14.4 Å². The first-order valence-corrected chi connectivity index (χ1v) is 4.93. The Bertz CT molecular complexity index is 278. The average molecular weight is 214 g/mol. The van der Waals surface area contributed by atoms with Gasteiger partial charge >= 0.3 is 5.97 Å². The first-order chi connectivity index (χ1) is 6.75. The Morgan fingerprint density at radius 3 is 1.93 bits per heavy atom. The zero-order chi connectivity index (χ0) is 12.2. The van der Waals surface area contributed by atoms with Crippen molar-refractivity contribution in [1.82, 2.24) is 0 Å². The molecule has 0 aromatic carbocycles. The molecule has 4 nitrogen and oxygen atoms in total. The molecule has 0 saturated carbocycles. The van der Waals surface area contributed by atoms with E-state index < -0.39 is 17.3 Å². The average Bonchev–Trinajstić information content (AvgIpc) is 2.02. The standard InChI is InChI=1S/C11H18O4/c1-6-15-10(14)9(7(2)12)11(4,5)8(3)13/h9H,6H2,1-5H3. The summed E-state index contributed by atoms with van der Waals surface area (Å²) in [7, 11) is 0. The SMILES string of the molecule is CCOC(=O)C(C(C)=O)C(C)(C)C(C)=O. The van der Waals surface area contributed by atoms with Crippen LogP contribution in [0.3, 0.4) is 0 Å². The fraction of sp³-hybridized carbons (Fsp3) is 0.727. The van der Waals surface area contributed by atoms with Crippen LogP contribution in [0.1, 0.15) is 34.6 Å². The van der Waals surface area contributed by atoms with Crippen LogP contribution in [0.25, 0.3) is 0 Å². The third-order valence-electron chi connectivity index (χ3n) is 2.56. The van der Waals surface area contributed by atoms with Crippen LogP contribution in [-0.2, 0) is 19.1 Å². The van der Waals surface area contributed by atoms with Crippen LogP contribution in [0.4, 0.5) is 0 Å². The minimum absolute atomic E-state index is 0.198. The van der Waals surface area contributed by atoms with Crippen molar-refractivity contribution in [3.63, 3.8) is 0 Å². The van der Waals surface area contributed by atoms with Gasteiger partial charge in [0.15, 0.2) is 0 Å². The molecule has 0 fully saturated rings. The van der Waals surface area contributed by atoms with Crippen molar-refractivity contribution in [1.29, 1.82) is 0 Å². The number of hydrogen-bond acceptors (Lipinski definition) is 4. The van der Waals surface area contributed by atoms with Gasteiger partial charge in [0.1, 0.15) is 17.5 Å². The van der Waals surface area contributed by atoms with E-state index in [1.165, 1.54) is 13.8 Å². The second-order valence-electron chi connectivity index (χ2n) is 4.07. The Kier molecular flexibility index (Phi) is 4.65. The number of carbonyl (C=O) groups excluding carboxylic acids is 3. The van der Waals surface area contributed by atoms with Gasteiger partial charge in [0.2, 0.25) is 0 Å². The second kappa shape index (κ2) is 5.05. The highest BCUT2D eigenvalue weighted by molar-refractivity contribution is 6.03. The normalized spacial score (nSPS) is 13.1. The van der Waals surface area contributed by atoms with Gasteiger partial charge in [0.05, 0.1) is 6.61 Å². The Balaban J connectivity index is 5.06. The molecular weight excluding hydrogens is 196 g/mol. The lowest BCUT2D eigenvalue weighted by Crippen LogP contribution is -2.41. The largest absolute Gasteiger partial charge is 0.465 e. The van der Waals surface area contributed by atoms with Crippen LogP contribution >= 0.6 is 0 Å². The van der Waals surface area contributed by atoms with Gasteiger partial charge in [-0.2, -0.15) is 0 Å². The lowest BCUT2D eigenvalue weighted by Gasteiger charge is -2.28. The first-order valence-electron chi connectivity index (χ1n) is 4.93. The molecule has 0 aliphatic rings. The van der Waals surface area contributed by atoms with Crippen molar-refractivity contribution in [3.8, 4) is 0 Å². The monoisotopic (exact) mass is 214 g/mol. The lowest BCUT2D eigenvalue weighted by atomic mass is 9.74. The second-order valence-corrected chi connectivity index (χ2v) is 4.07. The van der Waals surface area contributed by atoms with Crippen molar-refractivity contribution in [2.75, 3.05) is 6.61 Å².